The molecule has 1 spiro atoms. The second kappa shape index (κ2) is 3.33. The molecule has 1 N–H and O–H groups in total. The lowest BCUT2D eigenvalue weighted by atomic mass is 9.65. The molecule has 0 aromatic heterocycles. The van der Waals surface area contributed by atoms with Gasteiger partial charge in [0.05, 0.1) is 0 Å². The molecule has 1 saturated heterocycles. The third-order valence-corrected chi connectivity index (χ3v) is 4.83. The van der Waals surface area contributed by atoms with Crippen LogP contribution in [0, 0.1) is 11.3 Å². The first kappa shape index (κ1) is 11.7. The van der Waals surface area contributed by atoms with E-state index < -0.39 is 22.9 Å². The number of amides is 4. The Kier molecular flexibility index (Phi) is 2.17. The van der Waals surface area contributed by atoms with Gasteiger partial charge >= 0.3 is 6.03 Å². The van der Waals surface area contributed by atoms with Crippen LogP contribution in [0.25, 0.3) is 0 Å². The first-order valence-electron chi connectivity index (χ1n) is 6.60. The van der Waals surface area contributed by atoms with E-state index in [1.54, 1.807) is 0 Å². The highest BCUT2D eigenvalue weighted by molar-refractivity contribution is 6.20. The summed E-state index contributed by atoms with van der Waals surface area (Å²) in [7, 11) is 0. The highest BCUT2D eigenvalue weighted by Gasteiger charge is 2.61. The molecule has 1 heterocycles. The zero-order chi connectivity index (χ0) is 13.1. The van der Waals surface area contributed by atoms with Crippen LogP contribution in [0.15, 0.2) is 0 Å². The molecule has 3 rings (SSSR count). The van der Waals surface area contributed by atoms with E-state index in [0.29, 0.717) is 18.8 Å². The number of carbonyl (C=O) groups is 3. The monoisotopic (exact) mass is 250 g/mol. The summed E-state index contributed by atoms with van der Waals surface area (Å²) < 4.78 is 0. The lowest BCUT2D eigenvalue weighted by Gasteiger charge is -2.49. The number of carbonyl (C=O) groups excluding carboxylic acids is 3. The summed E-state index contributed by atoms with van der Waals surface area (Å²) >= 11 is 0. The molecule has 0 unspecified atom stereocenters. The Morgan fingerprint density at radius 1 is 1.22 bits per heavy atom. The van der Waals surface area contributed by atoms with Gasteiger partial charge in [0.15, 0.2) is 0 Å². The van der Waals surface area contributed by atoms with Gasteiger partial charge in [-0.2, -0.15) is 0 Å². The van der Waals surface area contributed by atoms with Crippen LogP contribution in [0.5, 0.6) is 0 Å². The van der Waals surface area contributed by atoms with Crippen molar-refractivity contribution in [3.63, 3.8) is 0 Å². The highest BCUT2D eigenvalue weighted by Crippen LogP contribution is 2.49. The van der Waals surface area contributed by atoms with E-state index in [-0.39, 0.29) is 5.91 Å². The van der Waals surface area contributed by atoms with Crippen LogP contribution >= 0.6 is 0 Å². The number of imide groups is 2. The van der Waals surface area contributed by atoms with Crippen molar-refractivity contribution in [3.8, 4) is 0 Å². The van der Waals surface area contributed by atoms with E-state index >= 15 is 0 Å². The minimum Gasteiger partial charge on any atom is -0.277 e. The van der Waals surface area contributed by atoms with Crippen LogP contribution in [0.1, 0.15) is 46.0 Å². The summed E-state index contributed by atoms with van der Waals surface area (Å²) in [4.78, 5) is 37.8. The molecule has 18 heavy (non-hydrogen) atoms. The lowest BCUT2D eigenvalue weighted by molar-refractivity contribution is -0.161. The number of nitrogens with zero attached hydrogens (tertiary/aromatic N) is 1. The van der Waals surface area contributed by atoms with Crippen molar-refractivity contribution in [3.05, 3.63) is 0 Å². The topological polar surface area (TPSA) is 66.5 Å². The molecule has 0 bridgehead atoms. The Bertz CT molecular complexity index is 447. The van der Waals surface area contributed by atoms with Crippen molar-refractivity contribution in [2.75, 3.05) is 0 Å². The molecule has 3 fully saturated rings. The second-order valence-electron chi connectivity index (χ2n) is 6.26. The normalized spacial score (nSPS) is 27.2. The second-order valence-corrected chi connectivity index (χ2v) is 6.26. The fraction of sp³-hybridized carbons (Fsp3) is 0.769. The number of hydrogen-bond acceptors (Lipinski definition) is 3. The molecule has 1 aliphatic heterocycles. The molecule has 3 aliphatic rings. The average Bonchev–Trinajstić information content (AvgIpc) is 2.95. The molecule has 2 saturated carbocycles. The van der Waals surface area contributed by atoms with Gasteiger partial charge in [-0.05, 0) is 45.4 Å². The SMILES string of the molecule is CC(C)(C1CC1)N1C(=O)NC(=O)C2(CCC2)C1=O. The maximum atomic E-state index is 12.6. The average molecular weight is 250 g/mol. The Hall–Kier alpha value is -1.39. The van der Waals surface area contributed by atoms with Gasteiger partial charge in [-0.1, -0.05) is 6.42 Å². The summed E-state index contributed by atoms with van der Waals surface area (Å²) in [6.07, 6.45) is 4.12. The summed E-state index contributed by atoms with van der Waals surface area (Å²) in [5, 5.41) is 2.37. The van der Waals surface area contributed by atoms with Crippen LogP contribution in [0.2, 0.25) is 0 Å². The summed E-state index contributed by atoms with van der Waals surface area (Å²) in [5.41, 5.74) is -1.43. The van der Waals surface area contributed by atoms with Gasteiger partial charge in [0, 0.05) is 5.54 Å². The maximum absolute atomic E-state index is 12.6. The van der Waals surface area contributed by atoms with Gasteiger partial charge in [0.2, 0.25) is 11.8 Å². The maximum Gasteiger partial charge on any atom is 0.331 e. The molecule has 0 aromatic carbocycles. The van der Waals surface area contributed by atoms with Gasteiger partial charge in [0.25, 0.3) is 0 Å². The number of barbiturate groups is 1. The van der Waals surface area contributed by atoms with Gasteiger partial charge in [0.1, 0.15) is 5.41 Å². The van der Waals surface area contributed by atoms with E-state index in [4.69, 9.17) is 0 Å². The lowest BCUT2D eigenvalue weighted by Crippen LogP contribution is -2.70. The van der Waals surface area contributed by atoms with Crippen LogP contribution < -0.4 is 5.32 Å². The van der Waals surface area contributed by atoms with Gasteiger partial charge in [-0.25, -0.2) is 4.79 Å². The molecule has 4 amide bonds. The zero-order valence-corrected chi connectivity index (χ0v) is 10.8. The quantitative estimate of drug-likeness (QED) is 0.754. The molecule has 0 aromatic rings. The van der Waals surface area contributed by atoms with Gasteiger partial charge in [-0.3, -0.25) is 19.8 Å². The van der Waals surface area contributed by atoms with Crippen molar-refractivity contribution < 1.29 is 14.4 Å². The first-order chi connectivity index (χ1) is 8.39. The zero-order valence-electron chi connectivity index (χ0n) is 10.8. The molecule has 2 aliphatic carbocycles. The molecular weight excluding hydrogens is 232 g/mol. The van der Waals surface area contributed by atoms with E-state index in [2.05, 4.69) is 5.32 Å². The highest BCUT2D eigenvalue weighted by atomic mass is 16.2. The first-order valence-corrected chi connectivity index (χ1v) is 6.60. The molecular formula is C13H18N2O3. The minimum atomic E-state index is -0.944. The summed E-state index contributed by atoms with van der Waals surface area (Å²) in [6.45, 7) is 3.84. The Morgan fingerprint density at radius 3 is 2.28 bits per heavy atom. The molecule has 0 atom stereocenters. The predicted molar refractivity (Wildman–Crippen MR) is 63.5 cm³/mol. The standard InChI is InChI=1S/C13H18N2O3/c1-12(2,8-4-5-8)15-10(17)13(6-3-7-13)9(16)14-11(15)18/h8H,3-7H2,1-2H3,(H,14,16,18). The summed E-state index contributed by atoms with van der Waals surface area (Å²) in [6, 6.07) is -0.542. The van der Waals surface area contributed by atoms with Crippen LogP contribution in [0.3, 0.4) is 0 Å². The number of hydrogen-bond donors (Lipinski definition) is 1. The third-order valence-electron chi connectivity index (χ3n) is 4.83. The molecule has 5 heteroatoms. The number of urea groups is 1. The van der Waals surface area contributed by atoms with Gasteiger partial charge < -0.3 is 0 Å². The number of nitrogens with one attached hydrogen (secondary N) is 1. The Balaban J connectivity index is 1.96. The van der Waals surface area contributed by atoms with Crippen molar-refractivity contribution in [2.45, 2.75) is 51.5 Å². The smallest absolute Gasteiger partial charge is 0.277 e. The Morgan fingerprint density at radius 2 is 1.83 bits per heavy atom. The molecule has 98 valence electrons. The predicted octanol–water partition coefficient (Wildman–Crippen LogP) is 1.42. The minimum absolute atomic E-state index is 0.278. The van der Waals surface area contributed by atoms with Crippen LogP contribution in [-0.4, -0.2) is 28.3 Å². The van der Waals surface area contributed by atoms with Gasteiger partial charge in [-0.15, -0.1) is 0 Å². The van der Waals surface area contributed by atoms with E-state index in [9.17, 15) is 14.4 Å². The van der Waals surface area contributed by atoms with E-state index in [0.717, 1.165) is 19.3 Å². The van der Waals surface area contributed by atoms with Crippen LogP contribution in [-0.2, 0) is 9.59 Å². The van der Waals surface area contributed by atoms with E-state index in [1.165, 1.54) is 4.90 Å². The van der Waals surface area contributed by atoms with E-state index in [1.807, 2.05) is 13.8 Å². The van der Waals surface area contributed by atoms with Crippen molar-refractivity contribution >= 4 is 17.8 Å². The Labute approximate surface area is 106 Å². The fourth-order valence-electron chi connectivity index (χ4n) is 3.14. The number of rotatable bonds is 2. The molecule has 0 radical (unpaired) electrons. The van der Waals surface area contributed by atoms with Crippen molar-refractivity contribution in [1.82, 2.24) is 10.2 Å². The summed E-state index contributed by atoms with van der Waals surface area (Å²) in [5.74, 6) is -0.302. The third kappa shape index (κ3) is 1.30. The van der Waals surface area contributed by atoms with Crippen molar-refractivity contribution in [1.29, 1.82) is 0 Å². The van der Waals surface area contributed by atoms with Crippen LogP contribution in [0.4, 0.5) is 4.79 Å². The largest absolute Gasteiger partial charge is 0.331 e. The van der Waals surface area contributed by atoms with Crippen molar-refractivity contribution in [2.24, 2.45) is 11.3 Å². The molecule has 5 nitrogen and oxygen atoms in total. The fourth-order valence-corrected chi connectivity index (χ4v) is 3.14.